The minimum Gasteiger partial charge on any atom is -0.479 e. The van der Waals surface area contributed by atoms with E-state index in [-0.39, 0.29) is 28.7 Å². The van der Waals surface area contributed by atoms with Gasteiger partial charge in [0.05, 0.1) is 31.5 Å². The van der Waals surface area contributed by atoms with Crippen molar-refractivity contribution in [2.75, 3.05) is 19.5 Å². The van der Waals surface area contributed by atoms with Crippen molar-refractivity contribution >= 4 is 23.4 Å². The summed E-state index contributed by atoms with van der Waals surface area (Å²) in [5, 5.41) is 2.57. The molecule has 1 aliphatic heterocycles. The second kappa shape index (κ2) is 6.79. The van der Waals surface area contributed by atoms with Crippen molar-refractivity contribution in [3.8, 4) is 11.9 Å². The number of benzene rings is 1. The minimum absolute atomic E-state index is 0.0771. The highest BCUT2D eigenvalue weighted by Gasteiger charge is 2.40. The van der Waals surface area contributed by atoms with Crippen LogP contribution in [0.4, 0.5) is 5.69 Å². The Morgan fingerprint density at radius 3 is 2.27 bits per heavy atom. The fraction of sp³-hybridized carbons (Fsp3) is 0.235. The van der Waals surface area contributed by atoms with E-state index in [1.165, 1.54) is 27.3 Å². The summed E-state index contributed by atoms with van der Waals surface area (Å²) in [5.74, 6) is -1.50. The molecule has 1 aromatic carbocycles. The number of rotatable bonds is 5. The lowest BCUT2D eigenvalue weighted by Crippen LogP contribution is -2.45. The predicted molar refractivity (Wildman–Crippen MR) is 90.2 cm³/mol. The highest BCUT2D eigenvalue weighted by atomic mass is 16.5. The number of nitrogens with zero attached hydrogens (tertiary/aromatic N) is 3. The van der Waals surface area contributed by atoms with Gasteiger partial charge < -0.3 is 14.8 Å². The van der Waals surface area contributed by atoms with Gasteiger partial charge in [-0.15, -0.1) is 0 Å². The molecule has 1 unspecified atom stereocenters. The van der Waals surface area contributed by atoms with Gasteiger partial charge in [-0.05, 0) is 19.1 Å². The number of hydrogen-bond donors (Lipinski definition) is 1. The highest BCUT2D eigenvalue weighted by Crippen LogP contribution is 2.26. The van der Waals surface area contributed by atoms with Crippen LogP contribution in [-0.4, -0.2) is 52.9 Å². The second-order valence-corrected chi connectivity index (χ2v) is 5.47. The van der Waals surface area contributed by atoms with E-state index in [9.17, 15) is 14.4 Å². The molecule has 0 bridgehead atoms. The Morgan fingerprint density at radius 2 is 1.73 bits per heavy atom. The third-order valence-electron chi connectivity index (χ3n) is 3.96. The van der Waals surface area contributed by atoms with E-state index < -0.39 is 23.8 Å². The summed E-state index contributed by atoms with van der Waals surface area (Å²) < 4.78 is 9.99. The lowest BCUT2D eigenvalue weighted by molar-refractivity contribution is -0.119. The van der Waals surface area contributed by atoms with Crippen molar-refractivity contribution < 1.29 is 23.9 Å². The van der Waals surface area contributed by atoms with Crippen LogP contribution in [0.3, 0.4) is 0 Å². The smallest absolute Gasteiger partial charge is 0.319 e. The Labute approximate surface area is 148 Å². The number of nitrogens with one attached hydrogen (secondary N) is 1. The van der Waals surface area contributed by atoms with Gasteiger partial charge in [0.2, 0.25) is 11.8 Å². The van der Waals surface area contributed by atoms with Gasteiger partial charge in [0.25, 0.3) is 11.8 Å². The molecule has 0 aliphatic carbocycles. The van der Waals surface area contributed by atoms with Gasteiger partial charge >= 0.3 is 6.01 Å². The highest BCUT2D eigenvalue weighted by molar-refractivity contribution is 6.23. The van der Waals surface area contributed by atoms with Crippen molar-refractivity contribution in [3.63, 3.8) is 0 Å². The number of carbonyl (C=O) groups is 3. The topological polar surface area (TPSA) is 111 Å². The maximum absolute atomic E-state index is 12.6. The third-order valence-corrected chi connectivity index (χ3v) is 3.96. The number of anilines is 1. The fourth-order valence-corrected chi connectivity index (χ4v) is 2.60. The van der Waals surface area contributed by atoms with Gasteiger partial charge in [-0.3, -0.25) is 19.3 Å². The molecule has 1 aromatic heterocycles. The van der Waals surface area contributed by atoms with Crippen LogP contribution in [0.5, 0.6) is 11.9 Å². The summed E-state index contributed by atoms with van der Waals surface area (Å²) in [5.41, 5.74) is 0.756. The number of hydrogen-bond acceptors (Lipinski definition) is 7. The number of aromatic nitrogens is 2. The van der Waals surface area contributed by atoms with E-state index in [0.717, 1.165) is 4.90 Å². The first-order valence-corrected chi connectivity index (χ1v) is 7.70. The standard InChI is InChI=1S/C17H16N4O5/c1-9(21-15(23)10-6-4-5-7-11(10)16(21)24)13(22)19-12-8-18-17(26-3)20-14(12)25-2/h4-9H,1-3H3,(H,19,22). The van der Waals surface area contributed by atoms with Crippen LogP contribution in [0.25, 0.3) is 0 Å². The summed E-state index contributed by atoms with van der Waals surface area (Å²) in [6, 6.07) is 5.49. The van der Waals surface area contributed by atoms with Gasteiger partial charge in [-0.1, -0.05) is 12.1 Å². The molecule has 1 atom stereocenters. The SMILES string of the molecule is COc1ncc(NC(=O)C(C)N2C(=O)c3ccccc3C2=O)c(OC)n1. The maximum Gasteiger partial charge on any atom is 0.319 e. The maximum atomic E-state index is 12.6. The molecule has 9 heteroatoms. The van der Waals surface area contributed by atoms with Crippen LogP contribution in [0.15, 0.2) is 30.5 Å². The average molecular weight is 356 g/mol. The molecule has 3 amide bonds. The molecule has 1 aliphatic rings. The summed E-state index contributed by atoms with van der Waals surface area (Å²) in [6.07, 6.45) is 1.32. The molecule has 0 saturated heterocycles. The van der Waals surface area contributed by atoms with Crippen LogP contribution in [0, 0.1) is 0 Å². The molecule has 0 saturated carbocycles. The molecule has 0 fully saturated rings. The molecule has 3 rings (SSSR count). The number of ether oxygens (including phenoxy) is 2. The molecule has 26 heavy (non-hydrogen) atoms. The van der Waals surface area contributed by atoms with Gasteiger partial charge in [0.15, 0.2) is 0 Å². The summed E-state index contributed by atoms with van der Waals surface area (Å²) in [4.78, 5) is 46.3. The quantitative estimate of drug-likeness (QED) is 0.799. The first-order valence-electron chi connectivity index (χ1n) is 7.70. The van der Waals surface area contributed by atoms with Gasteiger partial charge in [0.1, 0.15) is 11.7 Å². The van der Waals surface area contributed by atoms with Crippen LogP contribution in [0.1, 0.15) is 27.6 Å². The number of imide groups is 1. The second-order valence-electron chi connectivity index (χ2n) is 5.47. The van der Waals surface area contributed by atoms with Crippen LogP contribution >= 0.6 is 0 Å². The number of methoxy groups -OCH3 is 2. The molecule has 0 spiro atoms. The van der Waals surface area contributed by atoms with E-state index in [1.807, 2.05) is 0 Å². The summed E-state index contributed by atoms with van der Waals surface area (Å²) >= 11 is 0. The number of carbonyl (C=O) groups excluding carboxylic acids is 3. The average Bonchev–Trinajstić information content (AvgIpc) is 2.92. The number of fused-ring (bicyclic) bond motifs is 1. The fourth-order valence-electron chi connectivity index (χ4n) is 2.60. The molecular formula is C17H16N4O5. The first kappa shape index (κ1) is 17.3. The van der Waals surface area contributed by atoms with Gasteiger partial charge in [-0.25, -0.2) is 4.98 Å². The van der Waals surface area contributed by atoms with E-state index in [0.29, 0.717) is 0 Å². The van der Waals surface area contributed by atoms with Gasteiger partial charge in [-0.2, -0.15) is 4.98 Å². The van der Waals surface area contributed by atoms with E-state index >= 15 is 0 Å². The molecule has 1 N–H and O–H groups in total. The Kier molecular flexibility index (Phi) is 4.53. The zero-order chi connectivity index (χ0) is 18.8. The monoisotopic (exact) mass is 356 g/mol. The van der Waals surface area contributed by atoms with Crippen molar-refractivity contribution in [2.45, 2.75) is 13.0 Å². The third kappa shape index (κ3) is 2.83. The first-order chi connectivity index (χ1) is 12.5. The zero-order valence-electron chi connectivity index (χ0n) is 14.3. The molecule has 134 valence electrons. The zero-order valence-corrected chi connectivity index (χ0v) is 14.3. The Hall–Kier alpha value is -3.49. The van der Waals surface area contributed by atoms with Crippen molar-refractivity contribution in [3.05, 3.63) is 41.6 Å². The summed E-state index contributed by atoms with van der Waals surface area (Å²) in [7, 11) is 2.78. The Morgan fingerprint density at radius 1 is 1.12 bits per heavy atom. The molecule has 2 aromatic rings. The lowest BCUT2D eigenvalue weighted by Gasteiger charge is -2.22. The Balaban J connectivity index is 1.81. The van der Waals surface area contributed by atoms with Crippen molar-refractivity contribution in [2.24, 2.45) is 0 Å². The molecule has 0 radical (unpaired) electrons. The summed E-state index contributed by atoms with van der Waals surface area (Å²) in [6.45, 7) is 1.47. The predicted octanol–water partition coefficient (Wildman–Crippen LogP) is 1.12. The minimum atomic E-state index is -1.03. The van der Waals surface area contributed by atoms with Gasteiger partial charge in [0, 0.05) is 0 Å². The van der Waals surface area contributed by atoms with Crippen molar-refractivity contribution in [1.29, 1.82) is 0 Å². The largest absolute Gasteiger partial charge is 0.479 e. The van der Waals surface area contributed by atoms with E-state index in [2.05, 4.69) is 15.3 Å². The lowest BCUT2D eigenvalue weighted by atomic mass is 10.1. The van der Waals surface area contributed by atoms with Crippen LogP contribution in [-0.2, 0) is 4.79 Å². The molecule has 9 nitrogen and oxygen atoms in total. The van der Waals surface area contributed by atoms with Crippen LogP contribution < -0.4 is 14.8 Å². The van der Waals surface area contributed by atoms with E-state index in [1.54, 1.807) is 24.3 Å². The number of amides is 3. The van der Waals surface area contributed by atoms with E-state index in [4.69, 9.17) is 9.47 Å². The molecule has 2 heterocycles. The van der Waals surface area contributed by atoms with Crippen molar-refractivity contribution in [1.82, 2.24) is 14.9 Å². The Bertz CT molecular complexity index is 863. The van der Waals surface area contributed by atoms with Crippen LogP contribution in [0.2, 0.25) is 0 Å². The normalized spacial score (nSPS) is 14.0. The molecular weight excluding hydrogens is 340 g/mol.